The number of aromatic nitrogens is 1. The first-order valence-corrected chi connectivity index (χ1v) is 6.07. The van der Waals surface area contributed by atoms with Gasteiger partial charge in [-0.25, -0.2) is 4.98 Å². The largest absolute Gasteiger partial charge is 0.464 e. The number of rotatable bonds is 6. The number of nitrogens with one attached hydrogen (secondary N) is 1. The van der Waals surface area contributed by atoms with Crippen molar-refractivity contribution >= 4 is 28.4 Å². The molecule has 0 saturated heterocycles. The summed E-state index contributed by atoms with van der Waals surface area (Å²) >= 11 is 5.62. The van der Waals surface area contributed by atoms with Gasteiger partial charge < -0.3 is 9.73 Å². The predicted octanol–water partition coefficient (Wildman–Crippen LogP) is 3.65. The predicted molar refractivity (Wildman–Crippen MR) is 67.1 cm³/mol. The molecule has 0 bridgehead atoms. The van der Waals surface area contributed by atoms with Gasteiger partial charge in [-0.15, -0.1) is 11.6 Å². The number of furan rings is 1. The third-order valence-corrected chi connectivity index (χ3v) is 2.75. The van der Waals surface area contributed by atoms with Crippen LogP contribution < -0.4 is 5.32 Å². The van der Waals surface area contributed by atoms with Gasteiger partial charge in [0.15, 0.2) is 0 Å². The third-order valence-electron chi connectivity index (χ3n) is 2.48. The van der Waals surface area contributed by atoms with E-state index in [1.54, 1.807) is 12.5 Å². The molecule has 0 aliphatic heterocycles. The zero-order chi connectivity index (χ0) is 11.2. The normalized spacial score (nSPS) is 10.8. The Balaban J connectivity index is 1.91. The van der Waals surface area contributed by atoms with Crippen molar-refractivity contribution < 1.29 is 4.42 Å². The molecule has 2 aromatic heterocycles. The SMILES string of the molecule is ClCCCCCNc1nccc2occc12. The zero-order valence-corrected chi connectivity index (χ0v) is 9.83. The molecule has 0 amide bonds. The van der Waals surface area contributed by atoms with Gasteiger partial charge in [-0.2, -0.15) is 0 Å². The molecule has 3 nitrogen and oxygen atoms in total. The molecule has 4 heteroatoms. The Hall–Kier alpha value is -1.22. The fourth-order valence-electron chi connectivity index (χ4n) is 1.64. The van der Waals surface area contributed by atoms with Crippen LogP contribution >= 0.6 is 11.6 Å². The van der Waals surface area contributed by atoms with E-state index in [-0.39, 0.29) is 0 Å². The number of hydrogen-bond donors (Lipinski definition) is 1. The van der Waals surface area contributed by atoms with Crippen molar-refractivity contribution in [2.24, 2.45) is 0 Å². The molecule has 2 aromatic rings. The van der Waals surface area contributed by atoms with E-state index in [9.17, 15) is 0 Å². The number of hydrogen-bond acceptors (Lipinski definition) is 3. The lowest BCUT2D eigenvalue weighted by Gasteiger charge is -2.05. The highest BCUT2D eigenvalue weighted by Crippen LogP contribution is 2.21. The minimum Gasteiger partial charge on any atom is -0.464 e. The maximum atomic E-state index is 5.62. The Morgan fingerprint density at radius 3 is 3.06 bits per heavy atom. The van der Waals surface area contributed by atoms with Crippen LogP contribution in [0.4, 0.5) is 5.82 Å². The summed E-state index contributed by atoms with van der Waals surface area (Å²) in [4.78, 5) is 4.30. The van der Waals surface area contributed by atoms with Crippen molar-refractivity contribution in [1.29, 1.82) is 0 Å². The fourth-order valence-corrected chi connectivity index (χ4v) is 1.83. The number of anilines is 1. The van der Waals surface area contributed by atoms with Gasteiger partial charge in [0, 0.05) is 18.6 Å². The molecule has 0 unspecified atom stereocenters. The van der Waals surface area contributed by atoms with Crippen LogP contribution in [-0.4, -0.2) is 17.4 Å². The minimum atomic E-state index is 0.746. The van der Waals surface area contributed by atoms with Crippen molar-refractivity contribution in [3.8, 4) is 0 Å². The summed E-state index contributed by atoms with van der Waals surface area (Å²) in [6.45, 7) is 0.925. The van der Waals surface area contributed by atoms with Crippen LogP contribution in [0.1, 0.15) is 19.3 Å². The van der Waals surface area contributed by atoms with E-state index < -0.39 is 0 Å². The summed E-state index contributed by atoms with van der Waals surface area (Å²) in [6.07, 6.45) is 6.78. The van der Waals surface area contributed by atoms with Crippen LogP contribution in [-0.2, 0) is 0 Å². The van der Waals surface area contributed by atoms with E-state index in [0.29, 0.717) is 0 Å². The molecule has 0 aromatic carbocycles. The number of alkyl halides is 1. The Bertz CT molecular complexity index is 441. The molecule has 1 N–H and O–H groups in total. The third kappa shape index (κ3) is 2.67. The van der Waals surface area contributed by atoms with Crippen LogP contribution in [0.15, 0.2) is 29.0 Å². The van der Waals surface area contributed by atoms with Gasteiger partial charge in [-0.3, -0.25) is 0 Å². The Morgan fingerprint density at radius 1 is 1.25 bits per heavy atom. The fraction of sp³-hybridized carbons (Fsp3) is 0.417. The molecule has 2 rings (SSSR count). The first kappa shape index (κ1) is 11.3. The highest BCUT2D eigenvalue weighted by Gasteiger charge is 2.03. The molecule has 0 atom stereocenters. The standard InChI is InChI=1S/C12H15ClN2O/c13-6-2-1-3-7-14-12-10-5-9-16-11(10)4-8-15-12/h4-5,8-9H,1-3,6-7H2,(H,14,15). The van der Waals surface area contributed by atoms with Crippen LogP contribution in [0.3, 0.4) is 0 Å². The Kier molecular flexibility index (Phi) is 4.05. The molecule has 0 aliphatic carbocycles. The van der Waals surface area contributed by atoms with Crippen molar-refractivity contribution in [2.45, 2.75) is 19.3 Å². The van der Waals surface area contributed by atoms with Gasteiger partial charge in [0.1, 0.15) is 11.4 Å². The second-order valence-corrected chi connectivity index (χ2v) is 4.05. The average molecular weight is 239 g/mol. The van der Waals surface area contributed by atoms with E-state index in [1.165, 1.54) is 0 Å². The van der Waals surface area contributed by atoms with E-state index in [1.807, 2.05) is 12.1 Å². The van der Waals surface area contributed by atoms with Gasteiger partial charge in [-0.1, -0.05) is 6.42 Å². The highest BCUT2D eigenvalue weighted by molar-refractivity contribution is 6.17. The number of pyridine rings is 1. The van der Waals surface area contributed by atoms with Gasteiger partial charge in [0.05, 0.1) is 11.6 Å². The number of nitrogens with zero attached hydrogens (tertiary/aromatic N) is 1. The summed E-state index contributed by atoms with van der Waals surface area (Å²) in [5.41, 5.74) is 0.873. The van der Waals surface area contributed by atoms with Gasteiger partial charge >= 0.3 is 0 Å². The Labute approximate surface area is 99.8 Å². The lowest BCUT2D eigenvalue weighted by Crippen LogP contribution is -2.03. The van der Waals surface area contributed by atoms with Crippen molar-refractivity contribution in [3.63, 3.8) is 0 Å². The summed E-state index contributed by atoms with van der Waals surface area (Å²) in [5.74, 6) is 1.65. The van der Waals surface area contributed by atoms with Crippen molar-refractivity contribution in [3.05, 3.63) is 24.6 Å². The maximum Gasteiger partial charge on any atom is 0.139 e. The van der Waals surface area contributed by atoms with Crippen LogP contribution in [0.2, 0.25) is 0 Å². The molecule has 0 spiro atoms. The average Bonchev–Trinajstić information content (AvgIpc) is 2.77. The smallest absolute Gasteiger partial charge is 0.139 e. The molecule has 0 saturated carbocycles. The lowest BCUT2D eigenvalue weighted by atomic mass is 10.2. The zero-order valence-electron chi connectivity index (χ0n) is 9.08. The first-order valence-electron chi connectivity index (χ1n) is 5.54. The van der Waals surface area contributed by atoms with E-state index in [2.05, 4.69) is 10.3 Å². The van der Waals surface area contributed by atoms with E-state index >= 15 is 0 Å². The topological polar surface area (TPSA) is 38.1 Å². The van der Waals surface area contributed by atoms with Crippen LogP contribution in [0.5, 0.6) is 0 Å². The van der Waals surface area contributed by atoms with E-state index in [0.717, 1.165) is 48.5 Å². The van der Waals surface area contributed by atoms with Gasteiger partial charge in [0.25, 0.3) is 0 Å². The van der Waals surface area contributed by atoms with E-state index in [4.69, 9.17) is 16.0 Å². The minimum absolute atomic E-state index is 0.746. The summed E-state index contributed by atoms with van der Waals surface area (Å²) in [6, 6.07) is 3.80. The van der Waals surface area contributed by atoms with Gasteiger partial charge in [0.2, 0.25) is 0 Å². The monoisotopic (exact) mass is 238 g/mol. The summed E-state index contributed by atoms with van der Waals surface area (Å²) < 4.78 is 5.31. The van der Waals surface area contributed by atoms with Crippen molar-refractivity contribution in [2.75, 3.05) is 17.7 Å². The van der Waals surface area contributed by atoms with Crippen LogP contribution in [0.25, 0.3) is 11.0 Å². The lowest BCUT2D eigenvalue weighted by molar-refractivity contribution is 0.615. The first-order chi connectivity index (χ1) is 7.92. The van der Waals surface area contributed by atoms with Crippen LogP contribution in [0, 0.1) is 0 Å². The molecule has 0 radical (unpaired) electrons. The number of unbranched alkanes of at least 4 members (excludes halogenated alkanes) is 2. The highest BCUT2D eigenvalue weighted by atomic mass is 35.5. The number of fused-ring (bicyclic) bond motifs is 1. The number of halogens is 1. The second-order valence-electron chi connectivity index (χ2n) is 3.67. The summed E-state index contributed by atoms with van der Waals surface area (Å²) in [5, 5.41) is 4.36. The maximum absolute atomic E-state index is 5.62. The van der Waals surface area contributed by atoms with Gasteiger partial charge in [-0.05, 0) is 25.0 Å². The quantitative estimate of drug-likeness (QED) is 0.617. The molecule has 2 heterocycles. The Morgan fingerprint density at radius 2 is 2.19 bits per heavy atom. The summed E-state index contributed by atoms with van der Waals surface area (Å²) in [7, 11) is 0. The molecule has 0 aliphatic rings. The van der Waals surface area contributed by atoms with Crippen molar-refractivity contribution in [1.82, 2.24) is 4.98 Å². The molecule has 16 heavy (non-hydrogen) atoms. The molecular formula is C12H15ClN2O. The molecule has 0 fully saturated rings. The second kappa shape index (κ2) is 5.75. The molecular weight excluding hydrogens is 224 g/mol. The molecule has 86 valence electrons.